The fourth-order valence-electron chi connectivity index (χ4n) is 5.56. The minimum Gasteiger partial charge on any atom is -0.496 e. The van der Waals surface area contributed by atoms with Crippen LogP contribution < -0.4 is 30.4 Å². The van der Waals surface area contributed by atoms with Crippen molar-refractivity contribution < 1.29 is 18.9 Å². The number of nitrogen functional groups attached to an aromatic ring is 2. The van der Waals surface area contributed by atoms with E-state index in [9.17, 15) is 0 Å². The van der Waals surface area contributed by atoms with Gasteiger partial charge in [0.1, 0.15) is 47.8 Å². The SMILES string of the molecule is CC(C)Oc1cc(OCCN(C)Cc2ccccc2)ccc1-c1cccc(N)n1.CCCc1cc(-c2cccc(N)n2)c(OC)cc1OCCN(C)C. The van der Waals surface area contributed by atoms with Crippen LogP contribution in [0.2, 0.25) is 0 Å². The van der Waals surface area contributed by atoms with Gasteiger partial charge in [-0.25, -0.2) is 9.97 Å². The van der Waals surface area contributed by atoms with E-state index in [1.54, 1.807) is 19.2 Å². The molecule has 3 aromatic carbocycles. The number of hydrogen-bond acceptors (Lipinski definition) is 10. The van der Waals surface area contributed by atoms with Gasteiger partial charge in [0.05, 0.1) is 24.6 Å². The highest BCUT2D eigenvalue weighted by atomic mass is 16.5. The van der Waals surface area contributed by atoms with Crippen molar-refractivity contribution in [2.24, 2.45) is 0 Å². The number of likely N-dealkylation sites (N-methyl/N-ethyl adjacent to an activating group) is 2. The van der Waals surface area contributed by atoms with Gasteiger partial charge >= 0.3 is 0 Å². The smallest absolute Gasteiger partial charge is 0.132 e. The van der Waals surface area contributed by atoms with Crippen LogP contribution >= 0.6 is 0 Å². The standard InChI is InChI=1S/C24H29N3O2.C19H27N3O2/c1-18(2)29-23-16-20(12-13-21(23)22-10-7-11-24(25)26-22)28-15-14-27(3)17-19-8-5-4-6-9-19;1-5-7-14-12-15(16-8-6-9-19(20)21-16)18(23-4)13-17(14)24-11-10-22(2)3/h4-13,16,18H,14-15,17H2,1-3H3,(H2,25,26);6,8-9,12-13H,5,7,10-11H2,1-4H3,(H2,20,21). The van der Waals surface area contributed by atoms with E-state index in [1.807, 2.05) is 82.5 Å². The van der Waals surface area contributed by atoms with Gasteiger partial charge in [-0.1, -0.05) is 55.8 Å². The molecule has 0 spiro atoms. The molecule has 10 heteroatoms. The number of benzene rings is 3. The highest BCUT2D eigenvalue weighted by Gasteiger charge is 2.15. The zero-order chi connectivity index (χ0) is 38.2. The van der Waals surface area contributed by atoms with Crippen LogP contribution in [-0.4, -0.2) is 80.4 Å². The Kier molecular flexibility index (Phi) is 15.8. The molecule has 0 saturated carbocycles. The molecule has 5 rings (SSSR count). The molecule has 53 heavy (non-hydrogen) atoms. The number of aryl methyl sites for hydroxylation is 1. The van der Waals surface area contributed by atoms with Crippen LogP contribution in [0.1, 0.15) is 38.3 Å². The maximum Gasteiger partial charge on any atom is 0.132 e. The Labute approximate surface area is 315 Å². The quantitative estimate of drug-likeness (QED) is 0.0982. The van der Waals surface area contributed by atoms with Crippen molar-refractivity contribution in [3.05, 3.63) is 108 Å². The summed E-state index contributed by atoms with van der Waals surface area (Å²) in [5, 5.41) is 0. The minimum absolute atomic E-state index is 0.0436. The predicted molar refractivity (Wildman–Crippen MR) is 217 cm³/mol. The van der Waals surface area contributed by atoms with E-state index < -0.39 is 0 Å². The molecule has 4 N–H and O–H groups in total. The van der Waals surface area contributed by atoms with E-state index in [0.717, 1.165) is 83.6 Å². The van der Waals surface area contributed by atoms with Gasteiger partial charge in [-0.2, -0.15) is 0 Å². The molecule has 2 heterocycles. The molecule has 2 aromatic heterocycles. The lowest BCUT2D eigenvalue weighted by Gasteiger charge is -2.18. The Morgan fingerprint density at radius 2 is 1.34 bits per heavy atom. The number of aromatic nitrogens is 2. The Morgan fingerprint density at radius 3 is 1.94 bits per heavy atom. The summed E-state index contributed by atoms with van der Waals surface area (Å²) < 4.78 is 23.6. The fourth-order valence-corrected chi connectivity index (χ4v) is 5.56. The van der Waals surface area contributed by atoms with Crippen LogP contribution in [0.25, 0.3) is 22.5 Å². The summed E-state index contributed by atoms with van der Waals surface area (Å²) in [6.07, 6.45) is 2.03. The van der Waals surface area contributed by atoms with Crippen molar-refractivity contribution >= 4 is 11.6 Å². The highest BCUT2D eigenvalue weighted by Crippen LogP contribution is 2.37. The summed E-state index contributed by atoms with van der Waals surface area (Å²) in [5.74, 6) is 4.13. The van der Waals surface area contributed by atoms with Crippen LogP contribution in [0, 0.1) is 0 Å². The van der Waals surface area contributed by atoms with Crippen LogP contribution in [0.3, 0.4) is 0 Å². The maximum absolute atomic E-state index is 6.02. The Balaban J connectivity index is 0.000000241. The van der Waals surface area contributed by atoms with Crippen LogP contribution in [-0.2, 0) is 13.0 Å². The Hall–Kier alpha value is -5.32. The first-order valence-corrected chi connectivity index (χ1v) is 18.2. The van der Waals surface area contributed by atoms with Gasteiger partial charge in [0.2, 0.25) is 0 Å². The van der Waals surface area contributed by atoms with Gasteiger partial charge in [-0.3, -0.25) is 4.90 Å². The number of rotatable bonds is 17. The second kappa shape index (κ2) is 20.7. The molecular formula is C43H56N6O4. The molecular weight excluding hydrogens is 665 g/mol. The molecule has 282 valence electrons. The Bertz CT molecular complexity index is 1850. The topological polar surface area (TPSA) is 121 Å². The summed E-state index contributed by atoms with van der Waals surface area (Å²) in [6.45, 7) is 9.99. The van der Waals surface area contributed by atoms with Gasteiger partial charge in [0, 0.05) is 42.9 Å². The van der Waals surface area contributed by atoms with E-state index in [2.05, 4.69) is 64.1 Å². The van der Waals surface area contributed by atoms with E-state index in [0.29, 0.717) is 24.8 Å². The molecule has 0 aliphatic rings. The average Bonchev–Trinajstić information content (AvgIpc) is 3.12. The van der Waals surface area contributed by atoms with Crippen LogP contribution in [0.5, 0.6) is 23.0 Å². The predicted octanol–water partition coefficient (Wildman–Crippen LogP) is 7.86. The second-order valence-corrected chi connectivity index (χ2v) is 13.4. The van der Waals surface area contributed by atoms with E-state index in [4.69, 9.17) is 30.4 Å². The first-order chi connectivity index (χ1) is 25.6. The summed E-state index contributed by atoms with van der Waals surface area (Å²) >= 11 is 0. The van der Waals surface area contributed by atoms with E-state index in [1.165, 1.54) is 5.56 Å². The number of hydrogen-bond donors (Lipinski definition) is 2. The summed E-state index contributed by atoms with van der Waals surface area (Å²) in [4.78, 5) is 13.2. The third kappa shape index (κ3) is 13.0. The average molecular weight is 721 g/mol. The minimum atomic E-state index is 0.0436. The summed E-state index contributed by atoms with van der Waals surface area (Å²) in [5.41, 5.74) is 17.6. The maximum atomic E-state index is 6.02. The number of anilines is 2. The highest BCUT2D eigenvalue weighted by molar-refractivity contribution is 5.71. The van der Waals surface area contributed by atoms with Crippen molar-refractivity contribution in [2.75, 3.05) is 66.0 Å². The molecule has 0 saturated heterocycles. The van der Waals surface area contributed by atoms with E-state index in [-0.39, 0.29) is 6.10 Å². The molecule has 0 aliphatic heterocycles. The van der Waals surface area contributed by atoms with Gasteiger partial charge in [-0.15, -0.1) is 0 Å². The van der Waals surface area contributed by atoms with Crippen LogP contribution in [0.15, 0.2) is 97.1 Å². The molecule has 0 fully saturated rings. The van der Waals surface area contributed by atoms with Gasteiger partial charge in [-0.05, 0) is 95.0 Å². The number of nitrogens with zero attached hydrogens (tertiary/aromatic N) is 4. The van der Waals surface area contributed by atoms with Crippen molar-refractivity contribution in [3.63, 3.8) is 0 Å². The largest absolute Gasteiger partial charge is 0.496 e. The number of ether oxygens (including phenoxy) is 4. The molecule has 0 unspecified atom stereocenters. The molecule has 0 atom stereocenters. The molecule has 0 bridgehead atoms. The zero-order valence-corrected chi connectivity index (χ0v) is 32.3. The fraction of sp³-hybridized carbons (Fsp3) is 0.349. The van der Waals surface area contributed by atoms with Crippen molar-refractivity contribution in [1.82, 2.24) is 19.8 Å². The molecule has 0 amide bonds. The monoisotopic (exact) mass is 720 g/mol. The van der Waals surface area contributed by atoms with Gasteiger partial charge in [0.15, 0.2) is 0 Å². The number of methoxy groups -OCH3 is 1. The lowest BCUT2D eigenvalue weighted by molar-refractivity contribution is 0.227. The van der Waals surface area contributed by atoms with Crippen LogP contribution in [0.4, 0.5) is 11.6 Å². The first-order valence-electron chi connectivity index (χ1n) is 18.2. The molecule has 10 nitrogen and oxygen atoms in total. The van der Waals surface area contributed by atoms with Gasteiger partial charge < -0.3 is 35.3 Å². The lowest BCUT2D eigenvalue weighted by atomic mass is 10.0. The van der Waals surface area contributed by atoms with Gasteiger partial charge in [0.25, 0.3) is 0 Å². The van der Waals surface area contributed by atoms with Crippen molar-refractivity contribution in [2.45, 2.75) is 46.3 Å². The van der Waals surface area contributed by atoms with E-state index >= 15 is 0 Å². The lowest BCUT2D eigenvalue weighted by Crippen LogP contribution is -2.23. The van der Waals surface area contributed by atoms with Crippen molar-refractivity contribution in [3.8, 4) is 45.5 Å². The summed E-state index contributed by atoms with van der Waals surface area (Å²) in [6, 6.07) is 31.6. The number of nitrogens with two attached hydrogens (primary N) is 2. The third-order valence-electron chi connectivity index (χ3n) is 8.14. The first kappa shape index (κ1) is 40.5. The number of pyridine rings is 2. The normalized spacial score (nSPS) is 11.0. The summed E-state index contributed by atoms with van der Waals surface area (Å²) in [7, 11) is 7.82. The van der Waals surface area contributed by atoms with Crippen molar-refractivity contribution in [1.29, 1.82) is 0 Å². The Morgan fingerprint density at radius 1 is 0.679 bits per heavy atom. The molecule has 5 aromatic rings. The molecule has 0 radical (unpaired) electrons. The molecule has 0 aliphatic carbocycles. The second-order valence-electron chi connectivity index (χ2n) is 13.4. The third-order valence-corrected chi connectivity index (χ3v) is 8.14. The zero-order valence-electron chi connectivity index (χ0n) is 32.3.